The fraction of sp³-hybridized carbons (Fsp3) is 0.150. The van der Waals surface area contributed by atoms with Gasteiger partial charge in [0.1, 0.15) is 10.8 Å². The molecule has 5 aromatic rings. The summed E-state index contributed by atoms with van der Waals surface area (Å²) in [4.78, 5) is 20.7. The zero-order valence-corrected chi connectivity index (χ0v) is 16.3. The van der Waals surface area contributed by atoms with Crippen molar-refractivity contribution < 1.29 is 9.53 Å². The molecular formula is C20H16N6O2S. The van der Waals surface area contributed by atoms with E-state index in [-0.39, 0.29) is 12.2 Å². The van der Waals surface area contributed by atoms with Gasteiger partial charge in [0.2, 0.25) is 4.96 Å². The number of hydrogen-bond acceptors (Lipinski definition) is 7. The van der Waals surface area contributed by atoms with Gasteiger partial charge in [-0.3, -0.25) is 4.79 Å². The Morgan fingerprint density at radius 1 is 1.14 bits per heavy atom. The molecule has 0 aliphatic heterocycles. The minimum Gasteiger partial charge on any atom is -0.497 e. The van der Waals surface area contributed by atoms with Gasteiger partial charge < -0.3 is 9.72 Å². The Balaban J connectivity index is 1.35. The van der Waals surface area contributed by atoms with E-state index in [1.54, 1.807) is 11.6 Å². The van der Waals surface area contributed by atoms with Crippen LogP contribution in [0.5, 0.6) is 5.75 Å². The number of H-pyrrole nitrogens is 1. The molecule has 0 saturated carbocycles. The summed E-state index contributed by atoms with van der Waals surface area (Å²) < 4.78 is 6.90. The van der Waals surface area contributed by atoms with Crippen LogP contribution in [0.15, 0.2) is 48.5 Å². The summed E-state index contributed by atoms with van der Waals surface area (Å²) in [6.45, 7) is 0. The number of carbonyl (C=O) groups excluding carboxylic acids is 1. The van der Waals surface area contributed by atoms with Crippen LogP contribution in [0.3, 0.4) is 0 Å². The summed E-state index contributed by atoms with van der Waals surface area (Å²) in [5, 5.41) is 13.8. The number of Topliss-reactive ketones (excluding diaryl/α,β-unsaturated/α-hetero) is 1. The molecule has 0 unspecified atom stereocenters. The SMILES string of the molecule is COc1ccc(-c2nn3c(CCC(=O)c4nc5ccccc5[nH]4)nnc3s2)cc1. The number of aryl methyl sites for hydroxylation is 1. The van der Waals surface area contributed by atoms with Gasteiger partial charge in [-0.25, -0.2) is 4.98 Å². The fourth-order valence-electron chi connectivity index (χ4n) is 3.09. The van der Waals surface area contributed by atoms with Gasteiger partial charge in [-0.05, 0) is 36.4 Å². The molecule has 3 heterocycles. The highest BCUT2D eigenvalue weighted by molar-refractivity contribution is 7.19. The first kappa shape index (κ1) is 17.5. The van der Waals surface area contributed by atoms with Crippen molar-refractivity contribution in [1.29, 1.82) is 0 Å². The Morgan fingerprint density at radius 2 is 1.97 bits per heavy atom. The number of para-hydroxylation sites is 2. The highest BCUT2D eigenvalue weighted by Crippen LogP contribution is 2.27. The minimum atomic E-state index is -0.0662. The normalized spacial score (nSPS) is 11.3. The molecule has 144 valence electrons. The summed E-state index contributed by atoms with van der Waals surface area (Å²) in [5.74, 6) is 1.75. The number of benzene rings is 2. The zero-order chi connectivity index (χ0) is 19.8. The first-order valence-electron chi connectivity index (χ1n) is 9.05. The van der Waals surface area contributed by atoms with Crippen molar-refractivity contribution in [2.24, 2.45) is 0 Å². The number of nitrogens with zero attached hydrogens (tertiary/aromatic N) is 5. The number of methoxy groups -OCH3 is 1. The van der Waals surface area contributed by atoms with Gasteiger partial charge in [-0.15, -0.1) is 10.2 Å². The molecule has 0 saturated heterocycles. The predicted molar refractivity (Wildman–Crippen MR) is 109 cm³/mol. The molecule has 1 N–H and O–H groups in total. The molecule has 0 fully saturated rings. The second-order valence-electron chi connectivity index (χ2n) is 6.47. The fourth-order valence-corrected chi connectivity index (χ4v) is 3.96. The third-order valence-corrected chi connectivity index (χ3v) is 5.57. The van der Waals surface area contributed by atoms with Crippen molar-refractivity contribution >= 4 is 33.1 Å². The van der Waals surface area contributed by atoms with E-state index in [1.165, 1.54) is 11.3 Å². The van der Waals surface area contributed by atoms with Crippen LogP contribution in [0.2, 0.25) is 0 Å². The molecule has 29 heavy (non-hydrogen) atoms. The Bertz CT molecular complexity index is 1290. The average molecular weight is 404 g/mol. The van der Waals surface area contributed by atoms with E-state index in [4.69, 9.17) is 4.74 Å². The third kappa shape index (κ3) is 3.25. The lowest BCUT2D eigenvalue weighted by Crippen LogP contribution is -2.06. The number of hydrogen-bond donors (Lipinski definition) is 1. The number of aromatic amines is 1. The number of nitrogens with one attached hydrogen (secondary N) is 1. The molecule has 0 aliphatic rings. The lowest BCUT2D eigenvalue weighted by atomic mass is 10.2. The number of carbonyl (C=O) groups is 1. The highest BCUT2D eigenvalue weighted by Gasteiger charge is 2.16. The second kappa shape index (κ2) is 7.10. The molecule has 2 aromatic carbocycles. The van der Waals surface area contributed by atoms with Crippen LogP contribution in [-0.4, -0.2) is 42.7 Å². The van der Waals surface area contributed by atoms with E-state index in [1.807, 2.05) is 48.5 Å². The monoisotopic (exact) mass is 404 g/mol. The van der Waals surface area contributed by atoms with Crippen LogP contribution in [0, 0.1) is 0 Å². The number of rotatable bonds is 6. The lowest BCUT2D eigenvalue weighted by molar-refractivity contribution is 0.0973. The topological polar surface area (TPSA) is 98.1 Å². The van der Waals surface area contributed by atoms with E-state index in [2.05, 4.69) is 25.3 Å². The van der Waals surface area contributed by atoms with Gasteiger partial charge in [0.15, 0.2) is 17.4 Å². The van der Waals surface area contributed by atoms with Crippen LogP contribution in [0.1, 0.15) is 22.9 Å². The Hall–Kier alpha value is -3.59. The standard InChI is InChI=1S/C20H16N6O2S/c1-28-13-8-6-12(7-9-13)19-25-26-17(23-24-20(26)29-19)11-10-16(27)18-21-14-4-2-3-5-15(14)22-18/h2-9H,10-11H2,1H3,(H,21,22). The van der Waals surface area contributed by atoms with Gasteiger partial charge in [0.25, 0.3) is 0 Å². The molecule has 0 spiro atoms. The third-order valence-electron chi connectivity index (χ3n) is 4.62. The van der Waals surface area contributed by atoms with Crippen LogP contribution in [0.4, 0.5) is 0 Å². The van der Waals surface area contributed by atoms with E-state index in [0.29, 0.717) is 23.0 Å². The van der Waals surface area contributed by atoms with E-state index in [0.717, 1.165) is 27.4 Å². The van der Waals surface area contributed by atoms with Gasteiger partial charge in [-0.2, -0.15) is 9.61 Å². The smallest absolute Gasteiger partial charge is 0.234 e. The van der Waals surface area contributed by atoms with Gasteiger partial charge in [0.05, 0.1) is 18.1 Å². The van der Waals surface area contributed by atoms with Gasteiger partial charge >= 0.3 is 0 Å². The molecule has 5 rings (SSSR count). The molecule has 0 aliphatic carbocycles. The Morgan fingerprint density at radius 3 is 2.76 bits per heavy atom. The lowest BCUT2D eigenvalue weighted by Gasteiger charge is -2.00. The molecule has 0 atom stereocenters. The van der Waals surface area contributed by atoms with Crippen LogP contribution < -0.4 is 4.74 Å². The van der Waals surface area contributed by atoms with Gasteiger partial charge in [0, 0.05) is 18.4 Å². The Labute approximate surface area is 169 Å². The van der Waals surface area contributed by atoms with Crippen molar-refractivity contribution in [2.45, 2.75) is 12.8 Å². The first-order valence-corrected chi connectivity index (χ1v) is 9.86. The van der Waals surface area contributed by atoms with Crippen molar-refractivity contribution in [3.8, 4) is 16.3 Å². The van der Waals surface area contributed by atoms with Crippen LogP contribution in [-0.2, 0) is 6.42 Å². The van der Waals surface area contributed by atoms with E-state index < -0.39 is 0 Å². The summed E-state index contributed by atoms with van der Waals surface area (Å²) in [6.07, 6.45) is 0.707. The summed E-state index contributed by atoms with van der Waals surface area (Å²) >= 11 is 1.45. The summed E-state index contributed by atoms with van der Waals surface area (Å²) in [5.41, 5.74) is 2.61. The maximum atomic E-state index is 12.6. The molecule has 3 aromatic heterocycles. The van der Waals surface area contributed by atoms with E-state index >= 15 is 0 Å². The van der Waals surface area contributed by atoms with Crippen molar-refractivity contribution in [3.63, 3.8) is 0 Å². The summed E-state index contributed by atoms with van der Waals surface area (Å²) in [6, 6.07) is 15.3. The number of aromatic nitrogens is 6. The first-order chi connectivity index (χ1) is 14.2. The van der Waals surface area contributed by atoms with E-state index in [9.17, 15) is 4.79 Å². The number of ether oxygens (including phenoxy) is 1. The van der Waals surface area contributed by atoms with Crippen molar-refractivity contribution in [1.82, 2.24) is 29.8 Å². The largest absolute Gasteiger partial charge is 0.497 e. The average Bonchev–Trinajstić information content (AvgIpc) is 3.46. The van der Waals surface area contributed by atoms with Gasteiger partial charge in [-0.1, -0.05) is 23.5 Å². The second-order valence-corrected chi connectivity index (χ2v) is 7.43. The highest BCUT2D eigenvalue weighted by atomic mass is 32.1. The number of imidazole rings is 1. The summed E-state index contributed by atoms with van der Waals surface area (Å²) in [7, 11) is 1.64. The van der Waals surface area contributed by atoms with Crippen molar-refractivity contribution in [3.05, 3.63) is 60.2 Å². The van der Waals surface area contributed by atoms with Crippen LogP contribution in [0.25, 0.3) is 26.6 Å². The number of ketones is 1. The van der Waals surface area contributed by atoms with Crippen molar-refractivity contribution in [2.75, 3.05) is 7.11 Å². The molecule has 9 heteroatoms. The minimum absolute atomic E-state index is 0.0662. The maximum Gasteiger partial charge on any atom is 0.234 e. The molecule has 0 bridgehead atoms. The molecular weight excluding hydrogens is 388 g/mol. The molecule has 0 amide bonds. The molecule has 8 nitrogen and oxygen atoms in total. The maximum absolute atomic E-state index is 12.6. The molecule has 0 radical (unpaired) electrons. The Kier molecular flexibility index (Phi) is 4.28. The van der Waals surface area contributed by atoms with Crippen LogP contribution >= 0.6 is 11.3 Å². The zero-order valence-electron chi connectivity index (χ0n) is 15.5. The quantitative estimate of drug-likeness (QED) is 0.435. The number of fused-ring (bicyclic) bond motifs is 2. The predicted octanol–water partition coefficient (Wildman–Crippen LogP) is 3.55.